The summed E-state index contributed by atoms with van der Waals surface area (Å²) in [5.41, 5.74) is -0.0249. The second-order valence-corrected chi connectivity index (χ2v) is 8.37. The standard InChI is InChI=1S/C16H22F2N2O3S/c1-9(14(21)22)8-20(5)15(23)19-10-6-11(17)13(12(18)7-10)24-16(2,3)4/h6-7,9H,8H2,1-5H3,(H,19,23)(H,21,22). The van der Waals surface area contributed by atoms with Gasteiger partial charge in [-0.25, -0.2) is 13.6 Å². The Labute approximate surface area is 144 Å². The van der Waals surface area contributed by atoms with E-state index in [2.05, 4.69) is 5.32 Å². The first-order valence-corrected chi connectivity index (χ1v) is 8.15. The SMILES string of the molecule is CC(CN(C)C(=O)Nc1cc(F)c(SC(C)(C)C)c(F)c1)C(=O)O. The van der Waals surface area contributed by atoms with E-state index in [1.807, 2.05) is 20.8 Å². The third kappa shape index (κ3) is 5.99. The Morgan fingerprint density at radius 2 is 1.79 bits per heavy atom. The van der Waals surface area contributed by atoms with E-state index in [1.165, 1.54) is 14.0 Å². The van der Waals surface area contributed by atoms with Crippen molar-refractivity contribution < 1.29 is 23.5 Å². The number of urea groups is 1. The van der Waals surface area contributed by atoms with Crippen LogP contribution in [-0.4, -0.2) is 40.3 Å². The van der Waals surface area contributed by atoms with Gasteiger partial charge in [-0.05, 0) is 12.1 Å². The lowest BCUT2D eigenvalue weighted by atomic mass is 10.2. The van der Waals surface area contributed by atoms with Gasteiger partial charge in [0, 0.05) is 24.0 Å². The highest BCUT2D eigenvalue weighted by Crippen LogP contribution is 2.36. The van der Waals surface area contributed by atoms with E-state index < -0.39 is 29.6 Å². The lowest BCUT2D eigenvalue weighted by molar-refractivity contribution is -0.141. The predicted octanol–water partition coefficient (Wildman–Crippen LogP) is 4.04. The summed E-state index contributed by atoms with van der Waals surface area (Å²) in [6.45, 7) is 6.95. The fourth-order valence-corrected chi connectivity index (χ4v) is 2.75. The van der Waals surface area contributed by atoms with Crippen LogP contribution in [0.15, 0.2) is 17.0 Å². The molecule has 0 aliphatic heterocycles. The van der Waals surface area contributed by atoms with Crippen molar-refractivity contribution in [2.24, 2.45) is 5.92 Å². The zero-order chi connectivity index (χ0) is 18.7. The number of hydrogen-bond donors (Lipinski definition) is 2. The van der Waals surface area contributed by atoms with Gasteiger partial charge in [-0.15, -0.1) is 11.8 Å². The first kappa shape index (κ1) is 20.2. The van der Waals surface area contributed by atoms with Gasteiger partial charge >= 0.3 is 12.0 Å². The second-order valence-electron chi connectivity index (χ2n) is 6.53. The Morgan fingerprint density at radius 3 is 2.21 bits per heavy atom. The summed E-state index contributed by atoms with van der Waals surface area (Å²) >= 11 is 1.06. The minimum atomic E-state index is -1.03. The summed E-state index contributed by atoms with van der Waals surface area (Å²) in [5, 5.41) is 11.2. The quantitative estimate of drug-likeness (QED) is 0.778. The number of rotatable bonds is 5. The fourth-order valence-electron chi connectivity index (χ4n) is 1.83. The monoisotopic (exact) mass is 360 g/mol. The number of aliphatic carboxylic acids is 1. The lowest BCUT2D eigenvalue weighted by Gasteiger charge is -2.21. The van der Waals surface area contributed by atoms with Crippen molar-refractivity contribution in [1.29, 1.82) is 0 Å². The van der Waals surface area contributed by atoms with Gasteiger partial charge < -0.3 is 15.3 Å². The van der Waals surface area contributed by atoms with E-state index in [0.29, 0.717) is 0 Å². The second kappa shape index (κ2) is 7.83. The van der Waals surface area contributed by atoms with Gasteiger partial charge in [0.2, 0.25) is 0 Å². The predicted molar refractivity (Wildman–Crippen MR) is 90.4 cm³/mol. The minimum Gasteiger partial charge on any atom is -0.481 e. The molecule has 5 nitrogen and oxygen atoms in total. The smallest absolute Gasteiger partial charge is 0.321 e. The van der Waals surface area contributed by atoms with Gasteiger partial charge in [0.05, 0.1) is 10.8 Å². The summed E-state index contributed by atoms with van der Waals surface area (Å²) < 4.78 is 27.8. The summed E-state index contributed by atoms with van der Waals surface area (Å²) in [6, 6.07) is 1.45. The average Bonchev–Trinajstić information content (AvgIpc) is 2.41. The number of carbonyl (C=O) groups excluding carboxylic acids is 1. The molecule has 1 unspecified atom stereocenters. The molecule has 0 spiro atoms. The van der Waals surface area contributed by atoms with Crippen molar-refractivity contribution >= 4 is 29.4 Å². The number of benzene rings is 1. The van der Waals surface area contributed by atoms with E-state index in [-0.39, 0.29) is 21.9 Å². The molecule has 0 aromatic heterocycles. The highest BCUT2D eigenvalue weighted by atomic mass is 32.2. The first-order chi connectivity index (χ1) is 10.9. The van der Waals surface area contributed by atoms with Crippen LogP contribution in [0.3, 0.4) is 0 Å². The zero-order valence-electron chi connectivity index (χ0n) is 14.3. The maximum absolute atomic E-state index is 14.1. The van der Waals surface area contributed by atoms with Gasteiger partial charge in [-0.2, -0.15) is 0 Å². The third-order valence-electron chi connectivity index (χ3n) is 2.97. The molecule has 0 saturated heterocycles. The number of nitrogens with zero attached hydrogens (tertiary/aromatic N) is 1. The maximum Gasteiger partial charge on any atom is 0.321 e. The average molecular weight is 360 g/mol. The topological polar surface area (TPSA) is 69.6 Å². The molecule has 0 aliphatic carbocycles. The summed E-state index contributed by atoms with van der Waals surface area (Å²) in [4.78, 5) is 23.8. The molecule has 1 rings (SSSR count). The van der Waals surface area contributed by atoms with E-state index >= 15 is 0 Å². The van der Waals surface area contributed by atoms with Crippen LogP contribution in [-0.2, 0) is 4.79 Å². The maximum atomic E-state index is 14.1. The van der Waals surface area contributed by atoms with Crippen LogP contribution < -0.4 is 5.32 Å². The molecular formula is C16H22F2N2O3S. The Kier molecular flexibility index (Phi) is 6.59. The fraction of sp³-hybridized carbons (Fsp3) is 0.500. The zero-order valence-corrected chi connectivity index (χ0v) is 15.1. The van der Waals surface area contributed by atoms with Crippen LogP contribution in [0, 0.1) is 17.6 Å². The van der Waals surface area contributed by atoms with Crippen molar-refractivity contribution in [2.75, 3.05) is 18.9 Å². The molecule has 0 aliphatic rings. The van der Waals surface area contributed by atoms with Gasteiger partial charge in [-0.3, -0.25) is 4.79 Å². The number of nitrogens with one attached hydrogen (secondary N) is 1. The van der Waals surface area contributed by atoms with Gasteiger partial charge in [0.25, 0.3) is 0 Å². The number of carboxylic acid groups (broad SMARTS) is 1. The van der Waals surface area contributed by atoms with Crippen LogP contribution >= 0.6 is 11.8 Å². The Morgan fingerprint density at radius 1 is 1.29 bits per heavy atom. The highest BCUT2D eigenvalue weighted by Gasteiger charge is 2.21. The molecule has 0 saturated carbocycles. The Bertz CT molecular complexity index is 609. The molecule has 2 N–H and O–H groups in total. The van der Waals surface area contributed by atoms with Gasteiger partial charge in [-0.1, -0.05) is 27.7 Å². The van der Waals surface area contributed by atoms with Crippen LogP contribution in [0.5, 0.6) is 0 Å². The molecule has 0 heterocycles. The third-order valence-corrected chi connectivity index (χ3v) is 4.18. The molecular weight excluding hydrogens is 338 g/mol. The summed E-state index contributed by atoms with van der Waals surface area (Å²) in [6.07, 6.45) is 0. The molecule has 2 amide bonds. The number of halogens is 2. The van der Waals surface area contributed by atoms with Crippen LogP contribution in [0.25, 0.3) is 0 Å². The van der Waals surface area contributed by atoms with Crippen LogP contribution in [0.1, 0.15) is 27.7 Å². The normalized spacial score (nSPS) is 12.6. The molecule has 0 fully saturated rings. The first-order valence-electron chi connectivity index (χ1n) is 7.33. The van der Waals surface area contributed by atoms with Crippen molar-refractivity contribution in [3.63, 3.8) is 0 Å². The molecule has 1 aromatic carbocycles. The van der Waals surface area contributed by atoms with Gasteiger partial charge in [0.1, 0.15) is 11.6 Å². The Hall–Kier alpha value is -1.83. The molecule has 0 bridgehead atoms. The van der Waals surface area contributed by atoms with Crippen molar-refractivity contribution in [3.05, 3.63) is 23.8 Å². The van der Waals surface area contributed by atoms with E-state index in [9.17, 15) is 18.4 Å². The largest absolute Gasteiger partial charge is 0.481 e. The number of thioether (sulfide) groups is 1. The number of carboxylic acids is 1. The molecule has 0 radical (unpaired) electrons. The summed E-state index contributed by atoms with van der Waals surface area (Å²) in [5.74, 6) is -3.30. The van der Waals surface area contributed by atoms with Crippen LogP contribution in [0.2, 0.25) is 0 Å². The number of hydrogen-bond acceptors (Lipinski definition) is 3. The minimum absolute atomic E-state index is 0.0237. The van der Waals surface area contributed by atoms with Crippen molar-refractivity contribution in [1.82, 2.24) is 4.90 Å². The Balaban J connectivity index is 2.85. The molecule has 8 heteroatoms. The van der Waals surface area contributed by atoms with Gasteiger partial charge in [0.15, 0.2) is 0 Å². The highest BCUT2D eigenvalue weighted by molar-refractivity contribution is 8.00. The molecule has 1 aromatic rings. The van der Waals surface area contributed by atoms with E-state index in [1.54, 1.807) is 0 Å². The van der Waals surface area contributed by atoms with E-state index in [0.717, 1.165) is 28.8 Å². The van der Waals surface area contributed by atoms with Crippen molar-refractivity contribution in [2.45, 2.75) is 37.3 Å². The number of anilines is 1. The number of amides is 2. The van der Waals surface area contributed by atoms with E-state index in [4.69, 9.17) is 5.11 Å². The lowest BCUT2D eigenvalue weighted by Crippen LogP contribution is -2.36. The van der Waals surface area contributed by atoms with Crippen molar-refractivity contribution in [3.8, 4) is 0 Å². The number of carbonyl (C=O) groups is 2. The summed E-state index contributed by atoms with van der Waals surface area (Å²) in [7, 11) is 1.41. The van der Waals surface area contributed by atoms with Crippen LogP contribution in [0.4, 0.5) is 19.3 Å². The molecule has 134 valence electrons. The molecule has 1 atom stereocenters. The molecule has 24 heavy (non-hydrogen) atoms.